The van der Waals surface area contributed by atoms with Crippen LogP contribution in [0.15, 0.2) is 27.2 Å². The molecule has 0 unspecified atom stereocenters. The van der Waals surface area contributed by atoms with E-state index in [1.54, 1.807) is 23.5 Å². The fraction of sp³-hybridized carbons (Fsp3) is 0. The van der Waals surface area contributed by atoms with Crippen molar-refractivity contribution < 1.29 is 4.79 Å². The second kappa shape index (κ2) is 4.17. The summed E-state index contributed by atoms with van der Waals surface area (Å²) in [6, 6.07) is 3.82. The quantitative estimate of drug-likeness (QED) is 0.714. The van der Waals surface area contributed by atoms with Gasteiger partial charge in [-0.25, -0.2) is 0 Å². The molecule has 66 valence electrons. The van der Waals surface area contributed by atoms with E-state index in [1.807, 2.05) is 12.1 Å². The molecule has 0 bridgehead atoms. The zero-order chi connectivity index (χ0) is 9.10. The number of carbonyl (C=O) groups excluding carboxylic acids is 1. The normalized spacial score (nSPS) is 14.9. The summed E-state index contributed by atoms with van der Waals surface area (Å²) in [5, 5.41) is 4.12. The highest BCUT2D eigenvalue weighted by molar-refractivity contribution is 8.27. The monoisotopic (exact) mass is 226 g/mol. The Hall–Kier alpha value is -0.450. The lowest BCUT2D eigenvalue weighted by molar-refractivity contribution is 0.112. The van der Waals surface area contributed by atoms with Crippen LogP contribution in [0.4, 0.5) is 0 Å². The maximum Gasteiger partial charge on any atom is 0.160 e. The van der Waals surface area contributed by atoms with E-state index in [0.717, 1.165) is 16.0 Å². The fourth-order valence-electron chi connectivity index (χ4n) is 0.911. The largest absolute Gasteiger partial charge is 0.297 e. The number of aldehydes is 1. The summed E-state index contributed by atoms with van der Waals surface area (Å²) in [5.41, 5.74) is 0. The summed E-state index contributed by atoms with van der Waals surface area (Å²) in [6.45, 7) is 0. The Bertz CT molecular complexity index is 366. The van der Waals surface area contributed by atoms with E-state index in [2.05, 4.69) is 16.9 Å². The van der Waals surface area contributed by atoms with E-state index in [9.17, 15) is 4.79 Å². The Morgan fingerprint density at radius 1 is 1.08 bits per heavy atom. The number of thiophene rings is 1. The zero-order valence-corrected chi connectivity index (χ0v) is 9.05. The molecular formula is C9H6OS3. The molecule has 0 spiro atoms. The Labute approximate surface area is 88.9 Å². The lowest BCUT2D eigenvalue weighted by atomic mass is 10.4. The summed E-state index contributed by atoms with van der Waals surface area (Å²) in [6.07, 6.45) is 2.99. The van der Waals surface area contributed by atoms with Gasteiger partial charge in [0, 0.05) is 4.88 Å². The molecule has 1 aliphatic heterocycles. The second-order valence-corrected chi connectivity index (χ2v) is 5.63. The highest BCUT2D eigenvalue weighted by Gasteiger charge is 2.03. The molecule has 0 saturated heterocycles. The minimum absolute atomic E-state index is 0.785. The molecular weight excluding hydrogens is 220 g/mol. The van der Waals surface area contributed by atoms with Crippen molar-refractivity contribution in [2.45, 2.75) is 0 Å². The van der Waals surface area contributed by atoms with E-state index >= 15 is 0 Å². The molecule has 4 heteroatoms. The molecule has 0 fully saturated rings. The van der Waals surface area contributed by atoms with Gasteiger partial charge in [-0.2, -0.15) is 0 Å². The van der Waals surface area contributed by atoms with Crippen LogP contribution in [0.5, 0.6) is 0 Å². The van der Waals surface area contributed by atoms with Gasteiger partial charge in [0.05, 0.1) is 9.11 Å². The third-order valence-corrected chi connectivity index (χ3v) is 4.40. The molecule has 0 atom stereocenters. The van der Waals surface area contributed by atoms with E-state index in [0.29, 0.717) is 0 Å². The van der Waals surface area contributed by atoms with Gasteiger partial charge in [-0.1, -0.05) is 23.5 Å². The van der Waals surface area contributed by atoms with Crippen molar-refractivity contribution in [3.05, 3.63) is 36.9 Å². The fourth-order valence-corrected chi connectivity index (χ4v) is 3.49. The summed E-state index contributed by atoms with van der Waals surface area (Å²) in [5.74, 6) is 0. The molecule has 2 heterocycles. The van der Waals surface area contributed by atoms with Gasteiger partial charge in [-0.3, -0.25) is 4.79 Å². The van der Waals surface area contributed by atoms with Crippen molar-refractivity contribution in [2.24, 2.45) is 0 Å². The Kier molecular flexibility index (Phi) is 2.93. The number of rotatable bonds is 2. The SMILES string of the molecule is O=Cc1ccc(C=C2SC=CS2)s1. The van der Waals surface area contributed by atoms with Crippen LogP contribution in [0, 0.1) is 0 Å². The number of thioether (sulfide) groups is 2. The minimum Gasteiger partial charge on any atom is -0.297 e. The van der Waals surface area contributed by atoms with Crippen LogP contribution >= 0.6 is 34.9 Å². The van der Waals surface area contributed by atoms with Crippen LogP contribution in [0.1, 0.15) is 14.5 Å². The van der Waals surface area contributed by atoms with Gasteiger partial charge in [0.25, 0.3) is 0 Å². The van der Waals surface area contributed by atoms with E-state index in [1.165, 1.54) is 15.6 Å². The van der Waals surface area contributed by atoms with Crippen LogP contribution in [0.2, 0.25) is 0 Å². The number of hydrogen-bond donors (Lipinski definition) is 0. The minimum atomic E-state index is 0.785. The number of carbonyl (C=O) groups is 1. The molecule has 1 nitrogen and oxygen atoms in total. The van der Waals surface area contributed by atoms with Gasteiger partial charge < -0.3 is 0 Å². The number of hydrogen-bond acceptors (Lipinski definition) is 4. The predicted octanol–water partition coefficient (Wildman–Crippen LogP) is 3.81. The second-order valence-electron chi connectivity index (χ2n) is 2.33. The molecule has 13 heavy (non-hydrogen) atoms. The van der Waals surface area contributed by atoms with Crippen LogP contribution in [-0.2, 0) is 0 Å². The topological polar surface area (TPSA) is 17.1 Å². The van der Waals surface area contributed by atoms with E-state index in [-0.39, 0.29) is 0 Å². The van der Waals surface area contributed by atoms with Gasteiger partial charge in [-0.05, 0) is 29.0 Å². The van der Waals surface area contributed by atoms with Crippen molar-refractivity contribution in [3.63, 3.8) is 0 Å². The van der Waals surface area contributed by atoms with E-state index in [4.69, 9.17) is 0 Å². The molecule has 1 aliphatic rings. The summed E-state index contributed by atoms with van der Waals surface area (Å²) < 4.78 is 1.26. The van der Waals surface area contributed by atoms with Gasteiger partial charge in [0.15, 0.2) is 6.29 Å². The van der Waals surface area contributed by atoms with Gasteiger partial charge in [0.2, 0.25) is 0 Å². The summed E-state index contributed by atoms with van der Waals surface area (Å²) in [4.78, 5) is 12.3. The maximum atomic E-state index is 10.4. The van der Waals surface area contributed by atoms with Crippen LogP contribution in [0.3, 0.4) is 0 Å². The smallest absolute Gasteiger partial charge is 0.160 e. The molecule has 0 aromatic carbocycles. The lowest BCUT2D eigenvalue weighted by Crippen LogP contribution is -1.62. The van der Waals surface area contributed by atoms with Crippen LogP contribution in [-0.4, -0.2) is 6.29 Å². The Morgan fingerprint density at radius 3 is 2.38 bits per heavy atom. The van der Waals surface area contributed by atoms with Crippen molar-refractivity contribution in [3.8, 4) is 0 Å². The molecule has 1 aromatic heterocycles. The lowest BCUT2D eigenvalue weighted by Gasteiger charge is -1.90. The van der Waals surface area contributed by atoms with Crippen molar-refractivity contribution >= 4 is 47.2 Å². The first-order valence-electron chi connectivity index (χ1n) is 3.63. The standard InChI is InChI=1S/C9H6OS3/c10-6-8-2-1-7(13-8)5-9-11-3-4-12-9/h1-6H. The summed E-state index contributed by atoms with van der Waals surface area (Å²) >= 11 is 4.95. The molecule has 2 rings (SSSR count). The zero-order valence-electron chi connectivity index (χ0n) is 6.60. The molecule has 0 amide bonds. The molecule has 0 N–H and O–H groups in total. The first kappa shape index (κ1) is 9.12. The van der Waals surface area contributed by atoms with Crippen LogP contribution < -0.4 is 0 Å². The first-order chi connectivity index (χ1) is 6.38. The third-order valence-electron chi connectivity index (χ3n) is 1.45. The molecule has 1 aromatic rings. The van der Waals surface area contributed by atoms with Crippen LogP contribution in [0.25, 0.3) is 6.08 Å². The highest BCUT2D eigenvalue weighted by Crippen LogP contribution is 2.39. The van der Waals surface area contributed by atoms with E-state index < -0.39 is 0 Å². The Morgan fingerprint density at radius 2 is 1.77 bits per heavy atom. The maximum absolute atomic E-state index is 10.4. The van der Waals surface area contributed by atoms with Crippen molar-refractivity contribution in [1.29, 1.82) is 0 Å². The van der Waals surface area contributed by atoms with Gasteiger partial charge in [0.1, 0.15) is 0 Å². The molecule has 0 radical (unpaired) electrons. The average molecular weight is 226 g/mol. The average Bonchev–Trinajstić information content (AvgIpc) is 2.76. The third kappa shape index (κ3) is 2.27. The highest BCUT2D eigenvalue weighted by atomic mass is 32.2. The van der Waals surface area contributed by atoms with Crippen molar-refractivity contribution in [2.75, 3.05) is 0 Å². The summed E-state index contributed by atoms with van der Waals surface area (Å²) in [7, 11) is 0. The van der Waals surface area contributed by atoms with Gasteiger partial charge in [-0.15, -0.1) is 11.3 Å². The predicted molar refractivity (Wildman–Crippen MR) is 62.0 cm³/mol. The first-order valence-corrected chi connectivity index (χ1v) is 6.21. The van der Waals surface area contributed by atoms with Crippen molar-refractivity contribution in [1.82, 2.24) is 0 Å². The molecule has 0 saturated carbocycles. The van der Waals surface area contributed by atoms with Gasteiger partial charge >= 0.3 is 0 Å². The Balaban J connectivity index is 2.17. The molecule has 0 aliphatic carbocycles.